The van der Waals surface area contributed by atoms with E-state index >= 15 is 0 Å². The van der Waals surface area contributed by atoms with Crippen LogP contribution in [0.15, 0.2) is 0 Å². The summed E-state index contributed by atoms with van der Waals surface area (Å²) >= 11 is 0. The van der Waals surface area contributed by atoms with E-state index in [1.54, 1.807) is 0 Å². The molecule has 16 heavy (non-hydrogen) atoms. The molecule has 92 valence electrons. The van der Waals surface area contributed by atoms with Crippen molar-refractivity contribution in [1.82, 2.24) is 15.5 Å². The molecule has 0 bridgehead atoms. The van der Waals surface area contributed by atoms with Crippen LogP contribution in [-0.4, -0.2) is 55.9 Å². The first-order chi connectivity index (χ1) is 7.70. The number of rotatable bonds is 1. The Morgan fingerprint density at radius 1 is 1.31 bits per heavy atom. The van der Waals surface area contributed by atoms with Crippen molar-refractivity contribution in [2.75, 3.05) is 39.4 Å². The van der Waals surface area contributed by atoms with Gasteiger partial charge in [0.2, 0.25) is 0 Å². The minimum atomic E-state index is -0.0410. The van der Waals surface area contributed by atoms with Gasteiger partial charge in [-0.15, -0.1) is 0 Å². The molecular weight excluding hydrogens is 206 g/mol. The largest absolute Gasteiger partial charge is 0.378 e. The van der Waals surface area contributed by atoms with Crippen molar-refractivity contribution >= 4 is 6.03 Å². The molecule has 2 aliphatic heterocycles. The van der Waals surface area contributed by atoms with Crippen LogP contribution in [0.4, 0.5) is 4.79 Å². The predicted molar refractivity (Wildman–Crippen MR) is 61.4 cm³/mol. The Morgan fingerprint density at radius 2 is 1.94 bits per heavy atom. The van der Waals surface area contributed by atoms with Crippen LogP contribution in [0.2, 0.25) is 0 Å². The highest BCUT2D eigenvalue weighted by Crippen LogP contribution is 2.17. The molecule has 2 aliphatic rings. The van der Waals surface area contributed by atoms with Gasteiger partial charge in [0.15, 0.2) is 0 Å². The molecule has 0 radical (unpaired) electrons. The van der Waals surface area contributed by atoms with Crippen LogP contribution < -0.4 is 10.6 Å². The van der Waals surface area contributed by atoms with E-state index in [2.05, 4.69) is 17.6 Å². The smallest absolute Gasteiger partial charge is 0.317 e. The van der Waals surface area contributed by atoms with Gasteiger partial charge in [-0.2, -0.15) is 0 Å². The van der Waals surface area contributed by atoms with Gasteiger partial charge in [-0.25, -0.2) is 4.79 Å². The van der Waals surface area contributed by atoms with E-state index in [1.165, 1.54) is 0 Å². The zero-order chi connectivity index (χ0) is 11.4. The van der Waals surface area contributed by atoms with Crippen LogP contribution in [0.3, 0.4) is 0 Å². The van der Waals surface area contributed by atoms with Crippen LogP contribution in [0.5, 0.6) is 0 Å². The normalized spacial score (nSPS) is 25.2. The maximum Gasteiger partial charge on any atom is 0.317 e. The molecule has 2 fully saturated rings. The number of hydrogen-bond acceptors (Lipinski definition) is 3. The first-order valence-corrected chi connectivity index (χ1v) is 6.05. The lowest BCUT2D eigenvalue weighted by Gasteiger charge is -2.37. The molecule has 5 nitrogen and oxygen atoms in total. The minimum Gasteiger partial charge on any atom is -0.378 e. The second kappa shape index (κ2) is 5.01. The predicted octanol–water partition coefficient (Wildman–Crippen LogP) is 0.170. The van der Waals surface area contributed by atoms with Crippen LogP contribution in [0.1, 0.15) is 19.8 Å². The van der Waals surface area contributed by atoms with E-state index in [0.29, 0.717) is 26.3 Å². The van der Waals surface area contributed by atoms with Gasteiger partial charge in [0, 0.05) is 18.6 Å². The van der Waals surface area contributed by atoms with Gasteiger partial charge < -0.3 is 20.3 Å². The van der Waals surface area contributed by atoms with Crippen molar-refractivity contribution in [1.29, 1.82) is 0 Å². The van der Waals surface area contributed by atoms with Crippen molar-refractivity contribution in [3.05, 3.63) is 0 Å². The van der Waals surface area contributed by atoms with Crippen molar-refractivity contribution in [2.45, 2.75) is 25.3 Å². The third kappa shape index (κ3) is 2.86. The molecule has 2 rings (SSSR count). The average Bonchev–Trinajstić information content (AvgIpc) is 2.30. The number of urea groups is 1. The van der Waals surface area contributed by atoms with Crippen LogP contribution in [-0.2, 0) is 4.74 Å². The Kier molecular flexibility index (Phi) is 3.66. The maximum absolute atomic E-state index is 12.0. The number of ether oxygens (including phenoxy) is 1. The fourth-order valence-corrected chi connectivity index (χ4v) is 2.21. The maximum atomic E-state index is 12.0. The Balaban J connectivity index is 1.85. The Hall–Kier alpha value is -0.810. The molecule has 0 atom stereocenters. The third-order valence-electron chi connectivity index (χ3n) is 3.41. The SMILES string of the molecule is CC1(NC(=O)N2CCOCC2)CCNCC1. The molecule has 0 spiro atoms. The number of nitrogens with zero attached hydrogens (tertiary/aromatic N) is 1. The zero-order valence-electron chi connectivity index (χ0n) is 9.92. The molecule has 0 aromatic carbocycles. The van der Waals surface area contributed by atoms with Crippen molar-refractivity contribution in [3.63, 3.8) is 0 Å². The van der Waals surface area contributed by atoms with Gasteiger partial charge in [0.25, 0.3) is 0 Å². The topological polar surface area (TPSA) is 53.6 Å². The van der Waals surface area contributed by atoms with Gasteiger partial charge in [-0.1, -0.05) is 0 Å². The number of carbonyl (C=O) groups is 1. The van der Waals surface area contributed by atoms with Gasteiger partial charge in [-0.05, 0) is 32.9 Å². The van der Waals surface area contributed by atoms with Crippen LogP contribution >= 0.6 is 0 Å². The lowest BCUT2D eigenvalue weighted by Crippen LogP contribution is -2.57. The molecule has 2 heterocycles. The summed E-state index contributed by atoms with van der Waals surface area (Å²) in [5.74, 6) is 0. The number of carbonyl (C=O) groups excluding carboxylic acids is 1. The minimum absolute atomic E-state index is 0.0410. The fourth-order valence-electron chi connectivity index (χ4n) is 2.21. The summed E-state index contributed by atoms with van der Waals surface area (Å²) in [5.41, 5.74) is -0.0410. The van der Waals surface area contributed by atoms with E-state index in [-0.39, 0.29) is 11.6 Å². The van der Waals surface area contributed by atoms with E-state index in [0.717, 1.165) is 25.9 Å². The zero-order valence-corrected chi connectivity index (χ0v) is 9.92. The second-order valence-corrected chi connectivity index (χ2v) is 4.84. The summed E-state index contributed by atoms with van der Waals surface area (Å²) in [6, 6.07) is 0.0627. The fraction of sp³-hybridized carbons (Fsp3) is 0.909. The van der Waals surface area contributed by atoms with Crippen LogP contribution in [0.25, 0.3) is 0 Å². The molecular formula is C11H21N3O2. The molecule has 2 amide bonds. The van der Waals surface area contributed by atoms with Crippen molar-refractivity contribution < 1.29 is 9.53 Å². The Labute approximate surface area is 96.5 Å². The van der Waals surface area contributed by atoms with Gasteiger partial charge in [0.05, 0.1) is 13.2 Å². The average molecular weight is 227 g/mol. The van der Waals surface area contributed by atoms with E-state index < -0.39 is 0 Å². The number of hydrogen-bond donors (Lipinski definition) is 2. The summed E-state index contributed by atoms with van der Waals surface area (Å²) in [6.07, 6.45) is 2.01. The summed E-state index contributed by atoms with van der Waals surface area (Å²) in [5, 5.41) is 6.46. The summed E-state index contributed by atoms with van der Waals surface area (Å²) < 4.78 is 5.23. The molecule has 2 saturated heterocycles. The molecule has 0 unspecified atom stereocenters. The molecule has 0 aromatic rings. The number of morpholine rings is 1. The Morgan fingerprint density at radius 3 is 2.56 bits per heavy atom. The monoisotopic (exact) mass is 227 g/mol. The quantitative estimate of drug-likeness (QED) is 0.671. The molecule has 0 saturated carbocycles. The lowest BCUT2D eigenvalue weighted by atomic mass is 9.91. The molecule has 0 aliphatic carbocycles. The van der Waals surface area contributed by atoms with E-state index in [9.17, 15) is 4.79 Å². The first kappa shape index (κ1) is 11.7. The lowest BCUT2D eigenvalue weighted by molar-refractivity contribution is 0.0504. The van der Waals surface area contributed by atoms with Crippen molar-refractivity contribution in [2.24, 2.45) is 0 Å². The molecule has 0 aromatic heterocycles. The highest BCUT2D eigenvalue weighted by atomic mass is 16.5. The van der Waals surface area contributed by atoms with Gasteiger partial charge in [-0.3, -0.25) is 0 Å². The highest BCUT2D eigenvalue weighted by Gasteiger charge is 2.30. The standard InChI is InChI=1S/C11H21N3O2/c1-11(2-4-12-5-3-11)13-10(15)14-6-8-16-9-7-14/h12H,2-9H2,1H3,(H,13,15). The first-order valence-electron chi connectivity index (χ1n) is 6.05. The van der Waals surface area contributed by atoms with E-state index in [4.69, 9.17) is 4.74 Å². The van der Waals surface area contributed by atoms with Crippen LogP contribution in [0, 0.1) is 0 Å². The van der Waals surface area contributed by atoms with Gasteiger partial charge >= 0.3 is 6.03 Å². The highest BCUT2D eigenvalue weighted by molar-refractivity contribution is 5.75. The number of nitrogens with one attached hydrogen (secondary N) is 2. The Bertz CT molecular complexity index is 246. The summed E-state index contributed by atoms with van der Waals surface area (Å²) in [6.45, 7) is 6.84. The van der Waals surface area contributed by atoms with Crippen molar-refractivity contribution in [3.8, 4) is 0 Å². The number of amides is 2. The van der Waals surface area contributed by atoms with E-state index in [1.807, 2.05) is 4.90 Å². The molecule has 5 heteroatoms. The third-order valence-corrected chi connectivity index (χ3v) is 3.41. The summed E-state index contributed by atoms with van der Waals surface area (Å²) in [7, 11) is 0. The molecule has 2 N–H and O–H groups in total. The second-order valence-electron chi connectivity index (χ2n) is 4.84. The number of piperidine rings is 1. The summed E-state index contributed by atoms with van der Waals surface area (Å²) in [4.78, 5) is 13.9. The van der Waals surface area contributed by atoms with Gasteiger partial charge in [0.1, 0.15) is 0 Å².